The molecular weight excluding hydrogens is 335 g/mol. The van der Waals surface area contributed by atoms with E-state index in [0.717, 1.165) is 16.4 Å². The quantitative estimate of drug-likeness (QED) is 0.635. The maximum absolute atomic E-state index is 13.4. The Morgan fingerprint density at radius 1 is 1.04 bits per heavy atom. The first-order valence-corrected chi connectivity index (χ1v) is 10.0. The molecule has 0 bridgehead atoms. The highest BCUT2D eigenvalue weighted by atomic mass is 28.4. The van der Waals surface area contributed by atoms with Crippen molar-refractivity contribution in [2.24, 2.45) is 0 Å². The molecule has 25 heavy (non-hydrogen) atoms. The van der Waals surface area contributed by atoms with Crippen LogP contribution in [0.4, 0.5) is 4.39 Å². The summed E-state index contributed by atoms with van der Waals surface area (Å²) in [4.78, 5) is 10.7. The van der Waals surface area contributed by atoms with Crippen molar-refractivity contribution in [2.45, 2.75) is 25.8 Å². The molecule has 0 unspecified atom stereocenters. The minimum atomic E-state index is -2.76. The van der Waals surface area contributed by atoms with Crippen LogP contribution < -0.4 is 10.4 Å². The molecule has 3 nitrogen and oxygen atoms in total. The third-order valence-electron chi connectivity index (χ3n) is 4.18. The fraction of sp³-hybridized carbons (Fsp3) is 0.250. The summed E-state index contributed by atoms with van der Waals surface area (Å²) in [6, 6.07) is 19.9. The Labute approximate surface area is 148 Å². The summed E-state index contributed by atoms with van der Waals surface area (Å²) in [5, 5.41) is 10.6. The van der Waals surface area contributed by atoms with E-state index in [9.17, 15) is 9.18 Å². The topological polar surface area (TPSA) is 46.5 Å². The first-order valence-electron chi connectivity index (χ1n) is 8.13. The fourth-order valence-corrected chi connectivity index (χ4v) is 7.58. The van der Waals surface area contributed by atoms with Gasteiger partial charge in [0.25, 0.3) is 8.32 Å². The highest BCUT2D eigenvalue weighted by Crippen LogP contribution is 2.36. The molecule has 0 fully saturated rings. The maximum atomic E-state index is 13.4. The van der Waals surface area contributed by atoms with Crippen molar-refractivity contribution in [3.05, 3.63) is 72.6 Å². The van der Waals surface area contributed by atoms with Gasteiger partial charge in [-0.2, -0.15) is 4.39 Å². The van der Waals surface area contributed by atoms with Gasteiger partial charge >= 0.3 is 5.97 Å². The van der Waals surface area contributed by atoms with E-state index in [1.165, 1.54) is 0 Å². The van der Waals surface area contributed by atoms with Gasteiger partial charge in [0.1, 0.15) is 0 Å². The number of hydrogen-bond donors (Lipinski definition) is 1. The van der Waals surface area contributed by atoms with Crippen molar-refractivity contribution in [2.75, 3.05) is 6.61 Å². The SMILES string of the molecule is CC(C)(C)[Si](OCC=C(F)C(=O)O)(c1ccccc1)c1ccccc1. The Morgan fingerprint density at radius 3 is 1.84 bits per heavy atom. The predicted molar refractivity (Wildman–Crippen MR) is 100 cm³/mol. The van der Waals surface area contributed by atoms with Crippen molar-refractivity contribution < 1.29 is 18.7 Å². The number of carboxylic acids is 1. The zero-order chi connectivity index (χ0) is 18.5. The molecule has 0 amide bonds. The average molecular weight is 358 g/mol. The minimum Gasteiger partial charge on any atom is -0.476 e. The molecule has 0 heterocycles. The Bertz CT molecular complexity index is 697. The zero-order valence-corrected chi connectivity index (χ0v) is 15.7. The summed E-state index contributed by atoms with van der Waals surface area (Å²) >= 11 is 0. The van der Waals surface area contributed by atoms with E-state index in [2.05, 4.69) is 20.8 Å². The summed E-state index contributed by atoms with van der Waals surface area (Å²) in [6.45, 7) is 6.23. The lowest BCUT2D eigenvalue weighted by Gasteiger charge is -2.42. The van der Waals surface area contributed by atoms with Crippen molar-refractivity contribution in [3.63, 3.8) is 0 Å². The Morgan fingerprint density at radius 2 is 1.48 bits per heavy atom. The van der Waals surface area contributed by atoms with Crippen LogP contribution in [0.5, 0.6) is 0 Å². The molecule has 0 aromatic heterocycles. The number of halogens is 1. The molecule has 2 aromatic rings. The number of carboxylic acid groups (broad SMARTS) is 1. The summed E-state index contributed by atoms with van der Waals surface area (Å²) in [5.41, 5.74) is 0. The second-order valence-electron chi connectivity index (χ2n) is 6.83. The second-order valence-corrected chi connectivity index (χ2v) is 11.1. The summed E-state index contributed by atoms with van der Waals surface area (Å²) in [7, 11) is -2.76. The lowest BCUT2D eigenvalue weighted by molar-refractivity contribution is -0.134. The average Bonchev–Trinajstić information content (AvgIpc) is 2.59. The molecule has 5 heteroatoms. The number of carbonyl (C=O) groups is 1. The van der Waals surface area contributed by atoms with Gasteiger partial charge in [0.15, 0.2) is 0 Å². The Balaban J connectivity index is 2.57. The van der Waals surface area contributed by atoms with Crippen molar-refractivity contribution >= 4 is 24.7 Å². The largest absolute Gasteiger partial charge is 0.476 e. The van der Waals surface area contributed by atoms with Gasteiger partial charge < -0.3 is 9.53 Å². The number of rotatable bonds is 6. The van der Waals surface area contributed by atoms with Gasteiger partial charge in [0.05, 0.1) is 6.61 Å². The predicted octanol–water partition coefficient (Wildman–Crippen LogP) is 3.50. The molecule has 132 valence electrons. The van der Waals surface area contributed by atoms with Crippen LogP contribution in [0.25, 0.3) is 0 Å². The van der Waals surface area contributed by atoms with Crippen LogP contribution in [-0.4, -0.2) is 26.0 Å². The van der Waals surface area contributed by atoms with E-state index < -0.39 is 20.1 Å². The molecule has 0 saturated carbocycles. The van der Waals surface area contributed by atoms with Crippen molar-refractivity contribution in [1.29, 1.82) is 0 Å². The Hall–Kier alpha value is -2.24. The molecule has 0 aliphatic heterocycles. The molecule has 0 aliphatic carbocycles. The highest BCUT2D eigenvalue weighted by Gasteiger charge is 2.49. The van der Waals surface area contributed by atoms with Crippen LogP contribution >= 0.6 is 0 Å². The van der Waals surface area contributed by atoms with Gasteiger partial charge in [-0.1, -0.05) is 81.4 Å². The Kier molecular flexibility index (Phi) is 5.92. The second kappa shape index (κ2) is 7.76. The fourth-order valence-electron chi connectivity index (χ4n) is 3.09. The van der Waals surface area contributed by atoms with E-state index in [0.29, 0.717) is 0 Å². The van der Waals surface area contributed by atoms with Gasteiger partial charge in [-0.3, -0.25) is 0 Å². The van der Waals surface area contributed by atoms with Crippen LogP contribution in [0, 0.1) is 0 Å². The van der Waals surface area contributed by atoms with Gasteiger partial charge in [0, 0.05) is 0 Å². The molecule has 0 atom stereocenters. The molecule has 0 aliphatic rings. The van der Waals surface area contributed by atoms with E-state index in [-0.39, 0.29) is 11.6 Å². The molecule has 2 rings (SSSR count). The number of hydrogen-bond acceptors (Lipinski definition) is 2. The molecular formula is C20H23FO3Si. The summed E-state index contributed by atoms with van der Waals surface area (Å²) in [6.07, 6.45) is 0.988. The molecule has 0 spiro atoms. The lowest BCUT2D eigenvalue weighted by atomic mass is 10.2. The van der Waals surface area contributed by atoms with Crippen molar-refractivity contribution in [1.82, 2.24) is 0 Å². The van der Waals surface area contributed by atoms with E-state index in [4.69, 9.17) is 9.53 Å². The van der Waals surface area contributed by atoms with E-state index in [1.807, 2.05) is 60.7 Å². The highest BCUT2D eigenvalue weighted by molar-refractivity contribution is 6.99. The zero-order valence-electron chi connectivity index (χ0n) is 14.7. The van der Waals surface area contributed by atoms with Crippen LogP contribution in [0.15, 0.2) is 72.6 Å². The number of aliphatic carboxylic acids is 1. The third kappa shape index (κ3) is 4.06. The van der Waals surface area contributed by atoms with Crippen LogP contribution in [-0.2, 0) is 9.22 Å². The minimum absolute atomic E-state index is 0.0919. The van der Waals surface area contributed by atoms with E-state index in [1.54, 1.807) is 0 Å². The van der Waals surface area contributed by atoms with E-state index >= 15 is 0 Å². The van der Waals surface area contributed by atoms with Crippen molar-refractivity contribution in [3.8, 4) is 0 Å². The van der Waals surface area contributed by atoms with Gasteiger partial charge in [0.2, 0.25) is 5.83 Å². The first-order chi connectivity index (χ1) is 11.8. The van der Waals surface area contributed by atoms with Crippen LogP contribution in [0.2, 0.25) is 5.04 Å². The van der Waals surface area contributed by atoms with Gasteiger partial charge in [-0.25, -0.2) is 4.79 Å². The molecule has 0 radical (unpaired) electrons. The lowest BCUT2D eigenvalue weighted by Crippen LogP contribution is -2.66. The molecule has 1 N–H and O–H groups in total. The maximum Gasteiger partial charge on any atom is 0.364 e. The summed E-state index contributed by atoms with van der Waals surface area (Å²) < 4.78 is 19.7. The van der Waals surface area contributed by atoms with Crippen LogP contribution in [0.3, 0.4) is 0 Å². The third-order valence-corrected chi connectivity index (χ3v) is 9.19. The normalized spacial score (nSPS) is 12.9. The summed E-state index contributed by atoms with van der Waals surface area (Å²) in [5.74, 6) is -2.77. The molecule has 2 aromatic carbocycles. The van der Waals surface area contributed by atoms with Gasteiger partial charge in [-0.05, 0) is 21.5 Å². The van der Waals surface area contributed by atoms with Crippen LogP contribution in [0.1, 0.15) is 20.8 Å². The monoisotopic (exact) mass is 358 g/mol. The van der Waals surface area contributed by atoms with Gasteiger partial charge in [-0.15, -0.1) is 0 Å². The molecule has 0 saturated heterocycles. The standard InChI is InChI=1S/C20H23FO3Si/c1-20(2,3)25(16-10-6-4-7-11-16,17-12-8-5-9-13-17)24-15-14-18(21)19(22)23/h4-14H,15H2,1-3H3,(H,22,23). The number of benzene rings is 2. The first kappa shape index (κ1) is 19.1. The smallest absolute Gasteiger partial charge is 0.364 e.